The van der Waals surface area contributed by atoms with Gasteiger partial charge in [0.2, 0.25) is 0 Å². The molecule has 0 radical (unpaired) electrons. The average molecular weight is 341 g/mol. The second-order valence-electron chi connectivity index (χ2n) is 6.82. The largest absolute Gasteiger partial charge is 0.389 e. The van der Waals surface area contributed by atoms with Gasteiger partial charge in [-0.3, -0.25) is 4.90 Å². The summed E-state index contributed by atoms with van der Waals surface area (Å²) >= 11 is 0. The minimum absolute atomic E-state index is 0.363. The molecule has 0 saturated heterocycles. The molecule has 136 valence electrons. The van der Waals surface area contributed by atoms with Crippen molar-refractivity contribution in [3.63, 3.8) is 0 Å². The quantitative estimate of drug-likeness (QED) is 0.706. The Bertz CT molecular complexity index is 627. The van der Waals surface area contributed by atoms with Gasteiger partial charge in [0.25, 0.3) is 0 Å². The standard InChI is InChI=1S/C22H31NO2/c1-4-12-23(14-21-13-18(2)10-11-19(21)3)15-22(24)17-25-16-20-8-6-5-7-9-20/h5-11,13,22,24H,4,12,14-17H2,1-3H3/t22-/m1/s1. The molecule has 2 rings (SSSR count). The molecule has 3 heteroatoms. The lowest BCUT2D eigenvalue weighted by Gasteiger charge is -2.25. The molecule has 0 aliphatic carbocycles. The molecule has 0 heterocycles. The maximum Gasteiger partial charge on any atom is 0.0900 e. The van der Waals surface area contributed by atoms with Crippen LogP contribution in [0.5, 0.6) is 0 Å². The molecule has 0 aliphatic rings. The average Bonchev–Trinajstić information content (AvgIpc) is 2.59. The fourth-order valence-corrected chi connectivity index (χ4v) is 3.00. The number of hydrogen-bond donors (Lipinski definition) is 1. The van der Waals surface area contributed by atoms with Crippen LogP contribution in [0.3, 0.4) is 0 Å². The molecule has 3 nitrogen and oxygen atoms in total. The molecule has 25 heavy (non-hydrogen) atoms. The van der Waals surface area contributed by atoms with Crippen LogP contribution >= 0.6 is 0 Å². The first-order chi connectivity index (χ1) is 12.1. The Hall–Kier alpha value is -1.68. The molecule has 0 spiro atoms. The number of rotatable bonds is 10. The van der Waals surface area contributed by atoms with E-state index in [1.165, 1.54) is 16.7 Å². The minimum Gasteiger partial charge on any atom is -0.389 e. The van der Waals surface area contributed by atoms with Crippen LogP contribution in [0, 0.1) is 13.8 Å². The fourth-order valence-electron chi connectivity index (χ4n) is 3.00. The number of aliphatic hydroxyl groups excluding tert-OH is 1. The van der Waals surface area contributed by atoms with Crippen LogP contribution in [0.2, 0.25) is 0 Å². The molecule has 0 saturated carbocycles. The van der Waals surface area contributed by atoms with Gasteiger partial charge in [-0.15, -0.1) is 0 Å². The van der Waals surface area contributed by atoms with Crippen LogP contribution in [0.15, 0.2) is 48.5 Å². The van der Waals surface area contributed by atoms with E-state index in [4.69, 9.17) is 4.74 Å². The first-order valence-corrected chi connectivity index (χ1v) is 9.16. The molecule has 1 atom stereocenters. The van der Waals surface area contributed by atoms with E-state index in [-0.39, 0.29) is 0 Å². The lowest BCUT2D eigenvalue weighted by molar-refractivity contribution is 0.00853. The summed E-state index contributed by atoms with van der Waals surface area (Å²) in [4.78, 5) is 2.32. The molecule has 0 unspecified atom stereocenters. The van der Waals surface area contributed by atoms with Crippen molar-refractivity contribution in [2.75, 3.05) is 19.7 Å². The maximum absolute atomic E-state index is 10.4. The molecule has 0 aromatic heterocycles. The van der Waals surface area contributed by atoms with Crippen molar-refractivity contribution in [3.8, 4) is 0 Å². The van der Waals surface area contributed by atoms with E-state index in [0.717, 1.165) is 25.1 Å². The van der Waals surface area contributed by atoms with E-state index in [1.54, 1.807) is 0 Å². The van der Waals surface area contributed by atoms with Crippen molar-refractivity contribution < 1.29 is 9.84 Å². The van der Waals surface area contributed by atoms with Gasteiger partial charge >= 0.3 is 0 Å². The first-order valence-electron chi connectivity index (χ1n) is 9.16. The number of nitrogens with zero attached hydrogens (tertiary/aromatic N) is 1. The Morgan fingerprint density at radius 3 is 2.56 bits per heavy atom. The van der Waals surface area contributed by atoms with Crippen molar-refractivity contribution in [3.05, 3.63) is 70.8 Å². The van der Waals surface area contributed by atoms with Gasteiger partial charge in [-0.25, -0.2) is 0 Å². The molecule has 0 fully saturated rings. The van der Waals surface area contributed by atoms with Crippen LogP contribution in [0.4, 0.5) is 0 Å². The Kier molecular flexibility index (Phi) is 8.13. The van der Waals surface area contributed by atoms with E-state index in [9.17, 15) is 5.11 Å². The summed E-state index contributed by atoms with van der Waals surface area (Å²) < 4.78 is 5.68. The SMILES string of the molecule is CCCN(Cc1cc(C)ccc1C)C[C@@H](O)COCc1ccccc1. The zero-order chi connectivity index (χ0) is 18.1. The van der Waals surface area contributed by atoms with Gasteiger partial charge in [0.1, 0.15) is 0 Å². The lowest BCUT2D eigenvalue weighted by atomic mass is 10.0. The highest BCUT2D eigenvalue weighted by Crippen LogP contribution is 2.14. The number of aryl methyl sites for hydroxylation is 2. The van der Waals surface area contributed by atoms with Gasteiger partial charge in [-0.1, -0.05) is 61.0 Å². The smallest absolute Gasteiger partial charge is 0.0900 e. The molecule has 0 bridgehead atoms. The van der Waals surface area contributed by atoms with Gasteiger partial charge < -0.3 is 9.84 Å². The first kappa shape index (κ1) is 19.6. The Morgan fingerprint density at radius 2 is 1.84 bits per heavy atom. The molecule has 1 N–H and O–H groups in total. The molecular weight excluding hydrogens is 310 g/mol. The van der Waals surface area contributed by atoms with Crippen LogP contribution in [0.1, 0.15) is 35.6 Å². The summed E-state index contributed by atoms with van der Waals surface area (Å²) in [6, 6.07) is 16.6. The molecule has 0 aliphatic heterocycles. The summed E-state index contributed by atoms with van der Waals surface area (Å²) in [5.74, 6) is 0. The lowest BCUT2D eigenvalue weighted by Crippen LogP contribution is -2.35. The van der Waals surface area contributed by atoms with Gasteiger partial charge in [0.15, 0.2) is 0 Å². The third-order valence-corrected chi connectivity index (χ3v) is 4.33. The van der Waals surface area contributed by atoms with E-state index < -0.39 is 6.10 Å². The van der Waals surface area contributed by atoms with Crippen molar-refractivity contribution in [2.24, 2.45) is 0 Å². The topological polar surface area (TPSA) is 32.7 Å². The molecule has 0 amide bonds. The van der Waals surface area contributed by atoms with Crippen LogP contribution < -0.4 is 0 Å². The van der Waals surface area contributed by atoms with Gasteiger partial charge in [0, 0.05) is 13.1 Å². The number of hydrogen-bond acceptors (Lipinski definition) is 3. The minimum atomic E-state index is -0.472. The normalized spacial score (nSPS) is 12.5. The predicted octanol–water partition coefficient (Wildman–Crippen LogP) is 4.09. The predicted molar refractivity (Wildman–Crippen MR) is 104 cm³/mol. The Morgan fingerprint density at radius 1 is 1.08 bits per heavy atom. The number of ether oxygens (including phenoxy) is 1. The zero-order valence-corrected chi connectivity index (χ0v) is 15.7. The number of aliphatic hydroxyl groups is 1. The highest BCUT2D eigenvalue weighted by Gasteiger charge is 2.13. The van der Waals surface area contributed by atoms with Crippen molar-refractivity contribution in [1.29, 1.82) is 0 Å². The summed E-state index contributed by atoms with van der Waals surface area (Å²) in [5.41, 5.74) is 5.06. The summed E-state index contributed by atoms with van der Waals surface area (Å²) in [7, 11) is 0. The third kappa shape index (κ3) is 6.99. The molecule has 2 aromatic rings. The number of benzene rings is 2. The van der Waals surface area contributed by atoms with Crippen LogP contribution in [0.25, 0.3) is 0 Å². The highest BCUT2D eigenvalue weighted by atomic mass is 16.5. The van der Waals surface area contributed by atoms with E-state index in [2.05, 4.69) is 43.9 Å². The van der Waals surface area contributed by atoms with Gasteiger partial charge in [-0.05, 0) is 43.5 Å². The highest BCUT2D eigenvalue weighted by molar-refractivity contribution is 5.30. The fraction of sp³-hybridized carbons (Fsp3) is 0.455. The third-order valence-electron chi connectivity index (χ3n) is 4.33. The second kappa shape index (κ2) is 10.3. The van der Waals surface area contributed by atoms with Crippen molar-refractivity contribution in [1.82, 2.24) is 4.90 Å². The van der Waals surface area contributed by atoms with Crippen molar-refractivity contribution in [2.45, 2.75) is 46.4 Å². The Labute approximate surface area is 152 Å². The Balaban J connectivity index is 1.84. The van der Waals surface area contributed by atoms with Crippen LogP contribution in [-0.2, 0) is 17.9 Å². The summed E-state index contributed by atoms with van der Waals surface area (Å²) in [5, 5.41) is 10.4. The summed E-state index contributed by atoms with van der Waals surface area (Å²) in [6.45, 7) is 9.84. The van der Waals surface area contributed by atoms with Crippen LogP contribution in [-0.4, -0.2) is 35.8 Å². The zero-order valence-electron chi connectivity index (χ0n) is 15.7. The van der Waals surface area contributed by atoms with Gasteiger partial charge in [-0.2, -0.15) is 0 Å². The van der Waals surface area contributed by atoms with E-state index in [1.807, 2.05) is 30.3 Å². The maximum atomic E-state index is 10.4. The van der Waals surface area contributed by atoms with E-state index >= 15 is 0 Å². The monoisotopic (exact) mass is 341 g/mol. The summed E-state index contributed by atoms with van der Waals surface area (Å²) in [6.07, 6.45) is 0.600. The second-order valence-corrected chi connectivity index (χ2v) is 6.82. The van der Waals surface area contributed by atoms with E-state index in [0.29, 0.717) is 19.8 Å². The molecule has 2 aromatic carbocycles. The molecular formula is C22H31NO2. The van der Waals surface area contributed by atoms with Gasteiger partial charge in [0.05, 0.1) is 19.3 Å². The van der Waals surface area contributed by atoms with Crippen molar-refractivity contribution >= 4 is 0 Å².